The second-order valence-electron chi connectivity index (χ2n) is 5.24. The first-order valence-corrected chi connectivity index (χ1v) is 8.19. The van der Waals surface area contributed by atoms with Gasteiger partial charge in [0.05, 0.1) is 6.33 Å². The molecule has 0 saturated carbocycles. The monoisotopic (exact) mass is 311 g/mol. The summed E-state index contributed by atoms with van der Waals surface area (Å²) in [6.45, 7) is 2.64. The molecule has 0 aromatic carbocycles. The van der Waals surface area contributed by atoms with Crippen LogP contribution in [0.5, 0.6) is 0 Å². The zero-order valence-corrected chi connectivity index (χ0v) is 12.7. The number of aryl methyl sites for hydroxylation is 2. The Morgan fingerprint density at radius 1 is 1.33 bits per heavy atom. The van der Waals surface area contributed by atoms with Crippen molar-refractivity contribution in [3.63, 3.8) is 0 Å². The second kappa shape index (κ2) is 5.23. The summed E-state index contributed by atoms with van der Waals surface area (Å²) in [5, 5.41) is 3.87. The summed E-state index contributed by atoms with van der Waals surface area (Å²) in [6, 6.07) is 0. The molecule has 3 heterocycles. The Morgan fingerprint density at radius 3 is 2.57 bits per heavy atom. The van der Waals surface area contributed by atoms with Crippen LogP contribution < -0.4 is 0 Å². The topological polar surface area (TPSA) is 94.1 Å². The van der Waals surface area contributed by atoms with E-state index in [-0.39, 0.29) is 10.9 Å². The molecule has 2 aromatic heterocycles. The van der Waals surface area contributed by atoms with E-state index >= 15 is 0 Å². The highest BCUT2D eigenvalue weighted by atomic mass is 32.2. The Balaban J connectivity index is 1.71. The van der Waals surface area contributed by atoms with Crippen molar-refractivity contribution in [2.24, 2.45) is 7.05 Å². The lowest BCUT2D eigenvalue weighted by Gasteiger charge is -2.28. The molecule has 21 heavy (non-hydrogen) atoms. The lowest BCUT2D eigenvalue weighted by atomic mass is 9.98. The number of aromatic nitrogens is 4. The first-order chi connectivity index (χ1) is 9.96. The SMILES string of the molecule is Cc1noc(C2CCN(S(=O)(=O)c3cn(C)cn3)CC2)n1. The number of imidazole rings is 1. The molecule has 0 bridgehead atoms. The maximum Gasteiger partial charge on any atom is 0.262 e. The van der Waals surface area contributed by atoms with Crippen molar-refractivity contribution in [2.45, 2.75) is 30.7 Å². The van der Waals surface area contributed by atoms with Gasteiger partial charge < -0.3 is 9.09 Å². The molecule has 1 aliphatic rings. The van der Waals surface area contributed by atoms with Crippen molar-refractivity contribution >= 4 is 10.0 Å². The number of sulfonamides is 1. The Labute approximate surface area is 122 Å². The summed E-state index contributed by atoms with van der Waals surface area (Å²) in [5.41, 5.74) is 0. The average Bonchev–Trinajstić information content (AvgIpc) is 3.08. The lowest BCUT2D eigenvalue weighted by Crippen LogP contribution is -2.38. The van der Waals surface area contributed by atoms with E-state index in [1.807, 2.05) is 0 Å². The van der Waals surface area contributed by atoms with Crippen molar-refractivity contribution < 1.29 is 12.9 Å². The Morgan fingerprint density at radius 2 is 2.05 bits per heavy atom. The van der Waals surface area contributed by atoms with Gasteiger partial charge in [0.1, 0.15) is 0 Å². The van der Waals surface area contributed by atoms with E-state index < -0.39 is 10.0 Å². The molecular formula is C12H17N5O3S. The van der Waals surface area contributed by atoms with Crippen molar-refractivity contribution in [1.29, 1.82) is 0 Å². The molecule has 2 aromatic rings. The van der Waals surface area contributed by atoms with Crippen LogP contribution in [0.1, 0.15) is 30.5 Å². The van der Waals surface area contributed by atoms with E-state index in [9.17, 15) is 8.42 Å². The molecule has 0 unspecified atom stereocenters. The Bertz CT molecular complexity index is 728. The Kier molecular flexibility index (Phi) is 3.54. The van der Waals surface area contributed by atoms with E-state index in [0.717, 1.165) is 0 Å². The summed E-state index contributed by atoms with van der Waals surface area (Å²) < 4.78 is 33.2. The molecule has 3 rings (SSSR count). The Hall–Kier alpha value is -1.74. The van der Waals surface area contributed by atoms with Gasteiger partial charge in [0, 0.05) is 32.3 Å². The van der Waals surface area contributed by atoms with Crippen molar-refractivity contribution in [1.82, 2.24) is 24.0 Å². The average molecular weight is 311 g/mol. The van der Waals surface area contributed by atoms with Gasteiger partial charge in [0.2, 0.25) is 5.89 Å². The van der Waals surface area contributed by atoms with Gasteiger partial charge in [-0.05, 0) is 19.8 Å². The molecule has 0 spiro atoms. The number of hydrogen-bond acceptors (Lipinski definition) is 6. The predicted octanol–water partition coefficient (Wildman–Crippen LogP) is 0.680. The standard InChI is InChI=1S/C12H17N5O3S/c1-9-14-12(20-15-9)10-3-5-17(6-4-10)21(18,19)11-7-16(2)8-13-11/h7-8,10H,3-6H2,1-2H3. The van der Waals surface area contributed by atoms with Gasteiger partial charge in [-0.25, -0.2) is 13.4 Å². The van der Waals surface area contributed by atoms with E-state index in [4.69, 9.17) is 4.52 Å². The number of rotatable bonds is 3. The van der Waals surface area contributed by atoms with E-state index in [2.05, 4.69) is 15.1 Å². The van der Waals surface area contributed by atoms with Crippen molar-refractivity contribution in [2.75, 3.05) is 13.1 Å². The van der Waals surface area contributed by atoms with E-state index in [0.29, 0.717) is 37.6 Å². The minimum atomic E-state index is -3.51. The summed E-state index contributed by atoms with van der Waals surface area (Å²) in [5.74, 6) is 1.33. The maximum atomic E-state index is 12.4. The number of hydrogen-bond donors (Lipinski definition) is 0. The number of nitrogens with zero attached hydrogens (tertiary/aromatic N) is 5. The summed E-state index contributed by atoms with van der Waals surface area (Å²) >= 11 is 0. The quantitative estimate of drug-likeness (QED) is 0.827. The van der Waals surface area contributed by atoms with Crippen LogP contribution in [0.4, 0.5) is 0 Å². The molecule has 0 atom stereocenters. The minimum Gasteiger partial charge on any atom is -0.339 e. The van der Waals surface area contributed by atoms with E-state index in [1.54, 1.807) is 18.5 Å². The third-order valence-electron chi connectivity index (χ3n) is 3.63. The van der Waals surface area contributed by atoms with Crippen molar-refractivity contribution in [3.8, 4) is 0 Å². The second-order valence-corrected chi connectivity index (χ2v) is 7.12. The van der Waals surface area contributed by atoms with Crippen LogP contribution in [0.3, 0.4) is 0 Å². The normalized spacial score (nSPS) is 18.2. The minimum absolute atomic E-state index is 0.0945. The molecule has 114 valence electrons. The van der Waals surface area contributed by atoms with Crippen LogP contribution in [0, 0.1) is 6.92 Å². The van der Waals surface area contributed by atoms with Crippen LogP contribution >= 0.6 is 0 Å². The number of piperidine rings is 1. The molecule has 9 heteroatoms. The van der Waals surface area contributed by atoms with Crippen LogP contribution in [0.15, 0.2) is 22.1 Å². The molecule has 8 nitrogen and oxygen atoms in total. The van der Waals surface area contributed by atoms with Gasteiger partial charge in [-0.1, -0.05) is 5.16 Å². The molecule has 1 aliphatic heterocycles. The zero-order chi connectivity index (χ0) is 15.0. The van der Waals surface area contributed by atoms with Crippen LogP contribution in [0.2, 0.25) is 0 Å². The summed E-state index contributed by atoms with van der Waals surface area (Å²) in [6.07, 6.45) is 4.35. The van der Waals surface area contributed by atoms with Gasteiger partial charge in [-0.3, -0.25) is 0 Å². The molecule has 1 saturated heterocycles. The fourth-order valence-corrected chi connectivity index (χ4v) is 3.91. The van der Waals surface area contributed by atoms with Crippen LogP contribution in [-0.4, -0.2) is 45.5 Å². The zero-order valence-electron chi connectivity index (χ0n) is 11.9. The highest BCUT2D eigenvalue weighted by Gasteiger charge is 2.33. The van der Waals surface area contributed by atoms with Gasteiger partial charge in [-0.15, -0.1) is 0 Å². The molecular weight excluding hydrogens is 294 g/mol. The first kappa shape index (κ1) is 14.2. The van der Waals surface area contributed by atoms with Gasteiger partial charge in [0.25, 0.3) is 10.0 Å². The largest absolute Gasteiger partial charge is 0.339 e. The van der Waals surface area contributed by atoms with E-state index in [1.165, 1.54) is 16.8 Å². The fraction of sp³-hybridized carbons (Fsp3) is 0.583. The van der Waals surface area contributed by atoms with Gasteiger partial charge >= 0.3 is 0 Å². The summed E-state index contributed by atoms with van der Waals surface area (Å²) in [4.78, 5) is 8.16. The van der Waals surface area contributed by atoms with Crippen LogP contribution in [0.25, 0.3) is 0 Å². The lowest BCUT2D eigenvalue weighted by molar-refractivity contribution is 0.270. The highest BCUT2D eigenvalue weighted by Crippen LogP contribution is 2.29. The summed E-state index contributed by atoms with van der Waals surface area (Å²) in [7, 11) is -1.76. The smallest absolute Gasteiger partial charge is 0.262 e. The van der Waals surface area contributed by atoms with Gasteiger partial charge in [-0.2, -0.15) is 9.29 Å². The molecule has 0 aliphatic carbocycles. The molecule has 0 radical (unpaired) electrons. The predicted molar refractivity (Wildman–Crippen MR) is 73.0 cm³/mol. The molecule has 0 N–H and O–H groups in total. The highest BCUT2D eigenvalue weighted by molar-refractivity contribution is 7.89. The van der Waals surface area contributed by atoms with Crippen LogP contribution in [-0.2, 0) is 17.1 Å². The molecule has 0 amide bonds. The fourth-order valence-electron chi connectivity index (χ4n) is 2.48. The van der Waals surface area contributed by atoms with Crippen molar-refractivity contribution in [3.05, 3.63) is 24.2 Å². The third-order valence-corrected chi connectivity index (χ3v) is 5.42. The first-order valence-electron chi connectivity index (χ1n) is 6.75. The third kappa shape index (κ3) is 2.70. The maximum absolute atomic E-state index is 12.4. The van der Waals surface area contributed by atoms with Gasteiger partial charge in [0.15, 0.2) is 10.9 Å². The molecule has 1 fully saturated rings.